The van der Waals surface area contributed by atoms with Gasteiger partial charge in [0.2, 0.25) is 34.9 Å². The molecule has 4 aromatic rings. The minimum absolute atomic E-state index is 0.0127. The highest BCUT2D eigenvalue weighted by Gasteiger charge is 2.63. The third kappa shape index (κ3) is 5.17. The van der Waals surface area contributed by atoms with Crippen LogP contribution in [0.4, 0.5) is 0 Å². The number of benzene rings is 2. The van der Waals surface area contributed by atoms with Gasteiger partial charge in [0.25, 0.3) is 0 Å². The Balaban J connectivity index is 1.24. The molecule has 1 spiro atoms. The first-order valence-electron chi connectivity index (χ1n) is 15.5. The second-order valence-corrected chi connectivity index (χ2v) is 12.4. The normalized spacial score (nSPS) is 20.9. The quantitative estimate of drug-likeness (QED) is 0.239. The predicted octanol–water partition coefficient (Wildman–Crippen LogP) is 4.21. The number of rotatable bonds is 9. The number of amides is 2. The summed E-state index contributed by atoms with van der Waals surface area (Å²) in [5.41, 5.74) is -1.01. The second kappa shape index (κ2) is 12.3. The second-order valence-electron chi connectivity index (χ2n) is 12.0. The molecule has 3 atom stereocenters. The van der Waals surface area contributed by atoms with Crippen molar-refractivity contribution in [3.05, 3.63) is 69.5 Å². The van der Waals surface area contributed by atoms with E-state index in [1.54, 1.807) is 38.3 Å². The summed E-state index contributed by atoms with van der Waals surface area (Å²) in [5, 5.41) is 9.47. The SMILES string of the molecule is COc1ccc(-c2oc3c(c2CC(=O)NCc2noc(C4CCC(=O)N4)n2)C(=O)C2(Oc4c(Cl)c(OC)cc(OC)c4C2=O)C(C)C3)cc1. The van der Waals surface area contributed by atoms with Gasteiger partial charge in [-0.05, 0) is 30.7 Å². The van der Waals surface area contributed by atoms with E-state index in [2.05, 4.69) is 20.8 Å². The lowest BCUT2D eigenvalue weighted by Crippen LogP contribution is -2.56. The maximum atomic E-state index is 14.7. The van der Waals surface area contributed by atoms with E-state index in [1.807, 2.05) is 0 Å². The first-order valence-corrected chi connectivity index (χ1v) is 15.9. The van der Waals surface area contributed by atoms with Crippen LogP contribution >= 0.6 is 11.6 Å². The van der Waals surface area contributed by atoms with Gasteiger partial charge in [0.1, 0.15) is 45.4 Å². The minimum atomic E-state index is -2.00. The summed E-state index contributed by atoms with van der Waals surface area (Å²) in [6.07, 6.45) is 0.746. The number of carbonyl (C=O) groups is 4. The van der Waals surface area contributed by atoms with E-state index in [9.17, 15) is 19.2 Å². The molecular weight excluding hydrogens is 660 g/mol. The van der Waals surface area contributed by atoms with Crippen molar-refractivity contribution >= 4 is 35.0 Å². The van der Waals surface area contributed by atoms with Crippen LogP contribution in [0, 0.1) is 5.92 Å². The van der Waals surface area contributed by atoms with E-state index in [0.717, 1.165) is 0 Å². The van der Waals surface area contributed by atoms with E-state index in [0.29, 0.717) is 35.7 Å². The maximum Gasteiger partial charge on any atom is 0.249 e. The molecule has 1 fully saturated rings. The van der Waals surface area contributed by atoms with Gasteiger partial charge in [0, 0.05) is 36.0 Å². The Morgan fingerprint density at radius 2 is 1.80 bits per heavy atom. The first-order chi connectivity index (χ1) is 23.6. The number of fused-ring (bicyclic) bond motifs is 2. The molecule has 3 aliphatic rings. The summed E-state index contributed by atoms with van der Waals surface area (Å²) in [6, 6.07) is 8.06. The van der Waals surface area contributed by atoms with Gasteiger partial charge in [0.15, 0.2) is 11.6 Å². The first kappa shape index (κ1) is 32.2. The topological polar surface area (TPSA) is 181 Å². The van der Waals surface area contributed by atoms with Gasteiger partial charge in [-0.15, -0.1) is 0 Å². The lowest BCUT2D eigenvalue weighted by atomic mass is 9.70. The molecule has 2 aromatic heterocycles. The van der Waals surface area contributed by atoms with Gasteiger partial charge in [-0.3, -0.25) is 19.2 Å². The van der Waals surface area contributed by atoms with Crippen molar-refractivity contribution in [2.75, 3.05) is 21.3 Å². The molecule has 1 saturated heterocycles. The van der Waals surface area contributed by atoms with Gasteiger partial charge in [-0.2, -0.15) is 4.98 Å². The molecule has 0 saturated carbocycles. The van der Waals surface area contributed by atoms with Crippen molar-refractivity contribution in [2.24, 2.45) is 5.92 Å². The fourth-order valence-electron chi connectivity index (χ4n) is 6.66. The predicted molar refractivity (Wildman–Crippen MR) is 170 cm³/mol. The molecule has 0 bridgehead atoms. The van der Waals surface area contributed by atoms with Crippen LogP contribution in [-0.4, -0.2) is 60.5 Å². The smallest absolute Gasteiger partial charge is 0.249 e. The van der Waals surface area contributed by atoms with Crippen LogP contribution in [-0.2, 0) is 29.0 Å². The van der Waals surface area contributed by atoms with Gasteiger partial charge < -0.3 is 38.5 Å². The van der Waals surface area contributed by atoms with Gasteiger partial charge in [-0.1, -0.05) is 23.7 Å². The molecule has 2 aromatic carbocycles. The average molecular weight is 691 g/mol. The third-order valence-electron chi connectivity index (χ3n) is 9.16. The number of nitrogens with one attached hydrogen (secondary N) is 2. The molecule has 2 N–H and O–H groups in total. The number of methoxy groups -OCH3 is 3. The van der Waals surface area contributed by atoms with E-state index < -0.39 is 29.0 Å². The summed E-state index contributed by atoms with van der Waals surface area (Å²) >= 11 is 6.60. The van der Waals surface area contributed by atoms with Crippen molar-refractivity contribution in [3.8, 4) is 34.3 Å². The molecule has 49 heavy (non-hydrogen) atoms. The summed E-state index contributed by atoms with van der Waals surface area (Å²) in [5.74, 6) is -0.514. The Morgan fingerprint density at radius 1 is 1.06 bits per heavy atom. The average Bonchev–Trinajstić information content (AvgIpc) is 3.89. The molecule has 2 aliphatic heterocycles. The third-order valence-corrected chi connectivity index (χ3v) is 9.52. The van der Waals surface area contributed by atoms with Crippen LogP contribution in [0.5, 0.6) is 23.0 Å². The molecular formula is C34H31ClN4O10. The highest BCUT2D eigenvalue weighted by molar-refractivity contribution is 6.36. The Bertz CT molecular complexity index is 2020. The van der Waals surface area contributed by atoms with Crippen molar-refractivity contribution in [1.82, 2.24) is 20.8 Å². The fourth-order valence-corrected chi connectivity index (χ4v) is 6.92. The van der Waals surface area contributed by atoms with E-state index >= 15 is 0 Å². The summed E-state index contributed by atoms with van der Waals surface area (Å²) in [4.78, 5) is 58.4. The van der Waals surface area contributed by atoms with Gasteiger partial charge in [0.05, 0.1) is 39.9 Å². The van der Waals surface area contributed by atoms with Crippen LogP contribution in [0.1, 0.15) is 69.6 Å². The Kier molecular flexibility index (Phi) is 8.05. The molecule has 254 valence electrons. The molecule has 15 heteroatoms. The van der Waals surface area contributed by atoms with E-state index in [4.69, 9.17) is 39.5 Å². The number of hydrogen-bond donors (Lipinski definition) is 2. The van der Waals surface area contributed by atoms with Crippen molar-refractivity contribution in [3.63, 3.8) is 0 Å². The highest BCUT2D eigenvalue weighted by atomic mass is 35.5. The number of ether oxygens (including phenoxy) is 4. The standard InChI is InChI=1S/C34H31ClN4O10/c1-15-11-21-26(31(42)34(15)32(43)27-20(45-3)13-22(46-4)28(35)30(27)48-34)18(29(47-21)16-5-7-17(44-2)8-6-16)12-25(41)36-14-23-38-33(49-39-23)19-9-10-24(40)37-19/h5-8,13,15,19H,9-12,14H2,1-4H3,(H,36,41)(H,37,40). The molecule has 2 amide bonds. The number of hydrogen-bond acceptors (Lipinski definition) is 12. The lowest BCUT2D eigenvalue weighted by Gasteiger charge is -2.35. The minimum Gasteiger partial charge on any atom is -0.497 e. The van der Waals surface area contributed by atoms with Crippen LogP contribution in [0.15, 0.2) is 39.3 Å². The summed E-state index contributed by atoms with van der Waals surface area (Å²) in [7, 11) is 4.34. The zero-order chi connectivity index (χ0) is 34.6. The zero-order valence-electron chi connectivity index (χ0n) is 26.9. The van der Waals surface area contributed by atoms with Crippen LogP contribution in [0.3, 0.4) is 0 Å². The van der Waals surface area contributed by atoms with E-state index in [-0.39, 0.29) is 82.0 Å². The number of carbonyl (C=O) groups excluding carboxylic acids is 4. The zero-order valence-corrected chi connectivity index (χ0v) is 27.7. The summed E-state index contributed by atoms with van der Waals surface area (Å²) in [6.45, 7) is 1.65. The van der Waals surface area contributed by atoms with E-state index in [1.165, 1.54) is 20.3 Å². The molecule has 4 heterocycles. The number of aromatic nitrogens is 2. The molecule has 14 nitrogen and oxygen atoms in total. The monoisotopic (exact) mass is 690 g/mol. The van der Waals surface area contributed by atoms with Crippen LogP contribution in [0.2, 0.25) is 5.02 Å². The molecule has 3 unspecified atom stereocenters. The fraction of sp³-hybridized carbons (Fsp3) is 0.353. The highest BCUT2D eigenvalue weighted by Crippen LogP contribution is 2.54. The molecule has 1 aliphatic carbocycles. The lowest BCUT2D eigenvalue weighted by molar-refractivity contribution is -0.121. The number of ketones is 2. The van der Waals surface area contributed by atoms with Crippen molar-refractivity contribution < 1.29 is 47.1 Å². The maximum absolute atomic E-state index is 14.7. The number of halogens is 1. The number of nitrogens with zero attached hydrogens (tertiary/aromatic N) is 2. The molecule has 0 radical (unpaired) electrons. The van der Waals surface area contributed by atoms with Gasteiger partial charge >= 0.3 is 0 Å². The van der Waals surface area contributed by atoms with Crippen molar-refractivity contribution in [2.45, 2.75) is 50.8 Å². The summed E-state index contributed by atoms with van der Waals surface area (Å²) < 4.78 is 34.1. The van der Waals surface area contributed by atoms with Crippen LogP contribution in [0.25, 0.3) is 11.3 Å². The Labute approximate surface area is 284 Å². The number of Topliss-reactive ketones (excluding diaryl/α,β-unsaturated/α-hetero) is 2. The Morgan fingerprint density at radius 3 is 2.47 bits per heavy atom. The van der Waals surface area contributed by atoms with Crippen LogP contribution < -0.4 is 29.6 Å². The van der Waals surface area contributed by atoms with Crippen molar-refractivity contribution in [1.29, 1.82) is 0 Å². The largest absolute Gasteiger partial charge is 0.497 e. The molecule has 7 rings (SSSR count). The Hall–Kier alpha value is -5.37. The number of furan rings is 1. The van der Waals surface area contributed by atoms with Gasteiger partial charge in [-0.25, -0.2) is 0 Å².